The lowest BCUT2D eigenvalue weighted by Gasteiger charge is -2.29. The maximum absolute atomic E-state index is 13.1. The van der Waals surface area contributed by atoms with Crippen LogP contribution in [0.1, 0.15) is 56.5 Å². The summed E-state index contributed by atoms with van der Waals surface area (Å²) >= 11 is 1.43. The first kappa shape index (κ1) is 34.5. The smallest absolute Gasteiger partial charge is 0.243 e. The summed E-state index contributed by atoms with van der Waals surface area (Å²) in [5.41, 5.74) is 6.17. The standard InChI is InChI=1S/C26H33N5O4S.C5H11NO2/c1-15-19-12-20(26(34)30-16(2)21-11-17(14-36-21)25(27)28)31(24(15)19)23(33)13-29-22(32)9-6-10-35-18-7-4-3-5-8-18;1-5(7)6-3-4-8-2/h3-5,7-8,11,14-16,19-20,24H,6,9-10,12-13H2,1-2H3,(H3,27,28)(H,29,32)(H,30,34);3-4H2,1-2H3,(H,6,7)/t15?,16-,19?,20?,24?;/m1./s1. The summed E-state index contributed by atoms with van der Waals surface area (Å²) in [6.45, 7) is 6.92. The molecule has 0 radical (unpaired) electrons. The minimum absolute atomic E-state index is 0.0107. The maximum Gasteiger partial charge on any atom is 0.243 e. The van der Waals surface area contributed by atoms with E-state index in [1.54, 1.807) is 23.5 Å². The van der Waals surface area contributed by atoms with Crippen molar-refractivity contribution in [3.8, 4) is 5.75 Å². The Morgan fingerprint density at radius 1 is 1.16 bits per heavy atom. The Morgan fingerprint density at radius 2 is 1.89 bits per heavy atom. The summed E-state index contributed by atoms with van der Waals surface area (Å²) in [6, 6.07) is 10.4. The van der Waals surface area contributed by atoms with Gasteiger partial charge in [0.05, 0.1) is 25.8 Å². The molecule has 0 spiro atoms. The van der Waals surface area contributed by atoms with Crippen molar-refractivity contribution in [1.82, 2.24) is 20.9 Å². The normalized spacial score (nSPS) is 20.3. The minimum Gasteiger partial charge on any atom is -0.494 e. The molecular formula is C31H44N6O6S. The lowest BCUT2D eigenvalue weighted by molar-refractivity contribution is -0.140. The summed E-state index contributed by atoms with van der Waals surface area (Å²) < 4.78 is 10.3. The summed E-state index contributed by atoms with van der Waals surface area (Å²) in [7, 11) is 1.60. The number of nitrogens with two attached hydrogens (primary N) is 1. The average Bonchev–Trinajstić information content (AvgIpc) is 3.36. The number of hydrogen-bond acceptors (Lipinski definition) is 8. The van der Waals surface area contributed by atoms with Crippen molar-refractivity contribution in [2.24, 2.45) is 17.6 Å². The summed E-state index contributed by atoms with van der Waals surface area (Å²) in [5, 5.41) is 17.6. The molecule has 0 bridgehead atoms. The molecule has 6 N–H and O–H groups in total. The molecule has 1 saturated heterocycles. The van der Waals surface area contributed by atoms with E-state index in [2.05, 4.69) is 27.6 Å². The number of nitrogen functional groups attached to an aromatic ring is 1. The second-order valence-electron chi connectivity index (χ2n) is 11.0. The first-order chi connectivity index (χ1) is 21.0. The predicted octanol–water partition coefficient (Wildman–Crippen LogP) is 2.19. The summed E-state index contributed by atoms with van der Waals surface area (Å²) in [6.07, 6.45) is 1.43. The molecule has 1 saturated carbocycles. The summed E-state index contributed by atoms with van der Waals surface area (Å²) in [4.78, 5) is 51.2. The lowest BCUT2D eigenvalue weighted by atomic mass is 10.1. The first-order valence-corrected chi connectivity index (χ1v) is 15.6. The van der Waals surface area contributed by atoms with Gasteiger partial charge in [-0.2, -0.15) is 0 Å². The van der Waals surface area contributed by atoms with E-state index in [0.29, 0.717) is 50.0 Å². The number of nitrogens with zero attached hydrogens (tertiary/aromatic N) is 1. The number of rotatable bonds is 14. The van der Waals surface area contributed by atoms with Crippen molar-refractivity contribution in [2.75, 3.05) is 33.4 Å². The van der Waals surface area contributed by atoms with E-state index in [-0.39, 0.29) is 54.5 Å². The van der Waals surface area contributed by atoms with Crippen LogP contribution in [0, 0.1) is 17.2 Å². The number of amidine groups is 1. The van der Waals surface area contributed by atoms with Gasteiger partial charge in [-0.15, -0.1) is 11.3 Å². The molecule has 240 valence electrons. The van der Waals surface area contributed by atoms with Crippen molar-refractivity contribution in [1.29, 1.82) is 5.41 Å². The molecule has 2 heterocycles. The molecule has 1 aliphatic carbocycles. The average molecular weight is 629 g/mol. The number of benzene rings is 1. The fourth-order valence-corrected chi connectivity index (χ4v) is 6.13. The number of carbonyl (C=O) groups is 4. The van der Waals surface area contributed by atoms with Crippen molar-refractivity contribution < 1.29 is 28.7 Å². The van der Waals surface area contributed by atoms with Crippen molar-refractivity contribution in [3.05, 3.63) is 52.2 Å². The molecule has 2 aliphatic rings. The summed E-state index contributed by atoms with van der Waals surface area (Å²) in [5.74, 6) is 0.764. The van der Waals surface area contributed by atoms with E-state index < -0.39 is 6.04 Å². The largest absolute Gasteiger partial charge is 0.494 e. The highest BCUT2D eigenvalue weighted by Crippen LogP contribution is 2.53. The van der Waals surface area contributed by atoms with Gasteiger partial charge in [-0.25, -0.2) is 0 Å². The minimum atomic E-state index is -0.547. The number of methoxy groups -OCH3 is 1. The SMILES string of the molecule is CC1C2CC(C(=O)N[C@H](C)c3cc(C(=N)N)cs3)N(C(=O)CNC(=O)CCCOc3ccccc3)C12.COCCNC(C)=O. The van der Waals surface area contributed by atoms with Crippen LogP contribution in [-0.4, -0.2) is 79.9 Å². The molecule has 13 heteroatoms. The zero-order valence-corrected chi connectivity index (χ0v) is 26.6. The molecule has 1 aromatic carbocycles. The van der Waals surface area contributed by atoms with Crippen LogP contribution in [0.25, 0.3) is 0 Å². The second kappa shape index (κ2) is 16.8. The number of hydrogen-bond donors (Lipinski definition) is 5. The van der Waals surface area contributed by atoms with Crippen LogP contribution < -0.4 is 26.4 Å². The fourth-order valence-electron chi connectivity index (χ4n) is 5.21. The second-order valence-corrected chi connectivity index (χ2v) is 11.9. The van der Waals surface area contributed by atoms with Crippen LogP contribution in [0.4, 0.5) is 0 Å². The van der Waals surface area contributed by atoms with Crippen LogP contribution in [0.2, 0.25) is 0 Å². The molecule has 12 nitrogen and oxygen atoms in total. The van der Waals surface area contributed by atoms with Gasteiger partial charge < -0.3 is 36.1 Å². The van der Waals surface area contributed by atoms with E-state index in [4.69, 9.17) is 15.9 Å². The number of ether oxygens (including phenoxy) is 2. The maximum atomic E-state index is 13.1. The highest BCUT2D eigenvalue weighted by atomic mass is 32.1. The molecule has 1 aliphatic heterocycles. The van der Waals surface area contributed by atoms with Gasteiger partial charge in [-0.3, -0.25) is 24.6 Å². The molecule has 4 unspecified atom stereocenters. The molecule has 4 rings (SSSR count). The number of fused-ring (bicyclic) bond motifs is 1. The van der Waals surface area contributed by atoms with E-state index in [9.17, 15) is 19.2 Å². The number of amides is 4. The van der Waals surface area contributed by atoms with Crippen molar-refractivity contribution in [2.45, 2.75) is 58.2 Å². The highest BCUT2D eigenvalue weighted by molar-refractivity contribution is 7.10. The van der Waals surface area contributed by atoms with Gasteiger partial charge in [0.2, 0.25) is 23.6 Å². The van der Waals surface area contributed by atoms with Gasteiger partial charge >= 0.3 is 0 Å². The Hall–Kier alpha value is -3.97. The van der Waals surface area contributed by atoms with Gasteiger partial charge in [0.1, 0.15) is 17.6 Å². The van der Waals surface area contributed by atoms with Crippen LogP contribution in [0.3, 0.4) is 0 Å². The van der Waals surface area contributed by atoms with Crippen molar-refractivity contribution >= 4 is 40.8 Å². The molecule has 1 aromatic heterocycles. The zero-order valence-electron chi connectivity index (χ0n) is 25.8. The van der Waals surface area contributed by atoms with E-state index in [1.807, 2.05) is 37.3 Å². The van der Waals surface area contributed by atoms with Crippen LogP contribution in [0.15, 0.2) is 41.8 Å². The molecule has 4 amide bonds. The third kappa shape index (κ3) is 10.1. The molecule has 44 heavy (non-hydrogen) atoms. The van der Waals surface area contributed by atoms with E-state index in [0.717, 1.165) is 10.6 Å². The van der Waals surface area contributed by atoms with Gasteiger partial charge in [-0.1, -0.05) is 25.1 Å². The molecule has 2 fully saturated rings. The van der Waals surface area contributed by atoms with Crippen LogP contribution >= 0.6 is 11.3 Å². The third-order valence-electron chi connectivity index (χ3n) is 7.65. The Kier molecular flexibility index (Phi) is 13.2. The van der Waals surface area contributed by atoms with E-state index in [1.165, 1.54) is 18.3 Å². The number of thiophene rings is 1. The van der Waals surface area contributed by atoms with Gasteiger partial charge in [0.25, 0.3) is 0 Å². The lowest BCUT2D eigenvalue weighted by Crippen LogP contribution is -2.51. The number of carbonyl (C=O) groups excluding carboxylic acids is 4. The fraction of sp³-hybridized carbons (Fsp3) is 0.516. The van der Waals surface area contributed by atoms with Crippen LogP contribution in [-0.2, 0) is 23.9 Å². The number of nitrogens with one attached hydrogen (secondary N) is 4. The van der Waals surface area contributed by atoms with Crippen molar-refractivity contribution in [3.63, 3.8) is 0 Å². The van der Waals surface area contributed by atoms with Crippen LogP contribution in [0.5, 0.6) is 5.75 Å². The Labute approximate surface area is 262 Å². The molecule has 5 atom stereocenters. The number of piperidine rings is 1. The Bertz CT molecular complexity index is 1290. The molecule has 2 aromatic rings. The highest BCUT2D eigenvalue weighted by Gasteiger charge is 2.61. The van der Waals surface area contributed by atoms with Gasteiger partial charge in [0, 0.05) is 48.9 Å². The van der Waals surface area contributed by atoms with E-state index >= 15 is 0 Å². The topological polar surface area (TPSA) is 176 Å². The Morgan fingerprint density at radius 3 is 2.52 bits per heavy atom. The number of likely N-dealkylation sites (tertiary alicyclic amines) is 1. The Balaban J connectivity index is 0.000000583. The quantitative estimate of drug-likeness (QED) is 0.121. The predicted molar refractivity (Wildman–Crippen MR) is 168 cm³/mol. The monoisotopic (exact) mass is 628 g/mol. The van der Waals surface area contributed by atoms with Gasteiger partial charge in [-0.05, 0) is 49.8 Å². The molecular weight excluding hydrogens is 584 g/mol. The van der Waals surface area contributed by atoms with Gasteiger partial charge in [0.15, 0.2) is 0 Å². The first-order valence-electron chi connectivity index (χ1n) is 14.8. The number of para-hydroxylation sites is 1. The third-order valence-corrected chi connectivity index (χ3v) is 8.76. The zero-order chi connectivity index (χ0) is 32.2.